The Kier molecular flexibility index (Phi) is 4.06. The minimum atomic E-state index is -3.41. The molecule has 2 bridgehead atoms. The second-order valence-electron chi connectivity index (χ2n) is 6.58. The topological polar surface area (TPSA) is 66.4 Å². The monoisotopic (exact) mass is 364 g/mol. The molecule has 0 spiro atoms. The van der Waals surface area contributed by atoms with Crippen LogP contribution in [0.5, 0.6) is 0 Å². The molecule has 6 nitrogen and oxygen atoms in total. The van der Waals surface area contributed by atoms with E-state index in [0.29, 0.717) is 23.2 Å². The zero-order valence-corrected chi connectivity index (χ0v) is 15.1. The van der Waals surface area contributed by atoms with Crippen molar-refractivity contribution in [2.45, 2.75) is 30.0 Å². The molecular formula is C16H20N4O2S2. The standard InChI is InChI=1S/C16H20N4O2S2/c1-12-6-16(23-11-12)24(21,22)20-9-13-2-3-14(20)10-19(8-13)15-7-17-4-5-18-15/h4-7,11,13-14H,2-3,8-10H2,1H3/t13-,14+/m0/s1. The fourth-order valence-corrected chi connectivity index (χ4v) is 6.71. The average Bonchev–Trinajstić information content (AvgIpc) is 2.83. The first kappa shape index (κ1) is 16.0. The number of aryl methyl sites for hydroxylation is 1. The van der Waals surface area contributed by atoms with Crippen molar-refractivity contribution in [1.29, 1.82) is 0 Å². The van der Waals surface area contributed by atoms with Crippen molar-refractivity contribution < 1.29 is 8.42 Å². The third-order valence-corrected chi connectivity index (χ3v) is 8.26. The van der Waals surface area contributed by atoms with Crippen LogP contribution in [-0.4, -0.2) is 48.4 Å². The van der Waals surface area contributed by atoms with Gasteiger partial charge in [0.25, 0.3) is 10.0 Å². The Bertz CT molecular complexity index is 822. The van der Waals surface area contributed by atoms with Crippen molar-refractivity contribution in [3.05, 3.63) is 35.6 Å². The largest absolute Gasteiger partial charge is 0.353 e. The highest BCUT2D eigenvalue weighted by Gasteiger charge is 2.41. The lowest BCUT2D eigenvalue weighted by atomic mass is 9.97. The molecule has 0 unspecified atom stereocenters. The lowest BCUT2D eigenvalue weighted by Gasteiger charge is -2.34. The van der Waals surface area contributed by atoms with Gasteiger partial charge in [-0.25, -0.2) is 13.4 Å². The number of rotatable bonds is 3. The maximum atomic E-state index is 13.1. The van der Waals surface area contributed by atoms with Crippen LogP contribution < -0.4 is 4.90 Å². The first-order valence-electron chi connectivity index (χ1n) is 8.12. The lowest BCUT2D eigenvalue weighted by Crippen LogP contribution is -2.47. The van der Waals surface area contributed by atoms with Crippen LogP contribution in [0.1, 0.15) is 18.4 Å². The highest BCUT2D eigenvalue weighted by Crippen LogP contribution is 2.35. The van der Waals surface area contributed by atoms with Crippen molar-refractivity contribution >= 4 is 27.2 Å². The third-order valence-electron chi connectivity index (χ3n) is 4.81. The fourth-order valence-electron chi connectivity index (χ4n) is 3.63. The van der Waals surface area contributed by atoms with E-state index in [0.717, 1.165) is 30.8 Å². The first-order chi connectivity index (χ1) is 11.5. The molecular weight excluding hydrogens is 344 g/mol. The summed E-state index contributed by atoms with van der Waals surface area (Å²) in [4.78, 5) is 10.7. The Morgan fingerprint density at radius 3 is 2.79 bits per heavy atom. The van der Waals surface area contributed by atoms with Crippen LogP contribution in [0.4, 0.5) is 5.82 Å². The number of nitrogens with zero attached hydrogens (tertiary/aromatic N) is 4. The van der Waals surface area contributed by atoms with Gasteiger partial charge in [0.1, 0.15) is 10.0 Å². The smallest absolute Gasteiger partial charge is 0.252 e. The van der Waals surface area contributed by atoms with Crippen LogP contribution >= 0.6 is 11.3 Å². The second-order valence-corrected chi connectivity index (χ2v) is 9.61. The molecule has 0 saturated carbocycles. The number of hydrogen-bond acceptors (Lipinski definition) is 6. The normalized spacial score (nSPS) is 25.0. The number of aromatic nitrogens is 2. The zero-order valence-electron chi connectivity index (χ0n) is 13.5. The summed E-state index contributed by atoms with van der Waals surface area (Å²) in [6.07, 6.45) is 7.07. The minimum absolute atomic E-state index is 0.00170. The summed E-state index contributed by atoms with van der Waals surface area (Å²) in [6.45, 7) is 4.05. The van der Waals surface area contributed by atoms with Gasteiger partial charge >= 0.3 is 0 Å². The van der Waals surface area contributed by atoms with Gasteiger partial charge in [-0.1, -0.05) is 0 Å². The Morgan fingerprint density at radius 2 is 2.08 bits per heavy atom. The summed E-state index contributed by atoms with van der Waals surface area (Å²) in [5.74, 6) is 1.17. The van der Waals surface area contributed by atoms with E-state index in [-0.39, 0.29) is 6.04 Å². The van der Waals surface area contributed by atoms with E-state index in [1.165, 1.54) is 11.3 Å². The number of piperidine rings is 1. The van der Waals surface area contributed by atoms with Gasteiger partial charge in [-0.15, -0.1) is 11.3 Å². The molecule has 3 saturated heterocycles. The van der Waals surface area contributed by atoms with Gasteiger partial charge in [-0.05, 0) is 42.7 Å². The van der Waals surface area contributed by atoms with Gasteiger partial charge in [-0.2, -0.15) is 4.31 Å². The first-order valence-corrected chi connectivity index (χ1v) is 10.4. The lowest BCUT2D eigenvalue weighted by molar-refractivity contribution is 0.231. The van der Waals surface area contributed by atoms with Gasteiger partial charge in [0.2, 0.25) is 0 Å². The molecule has 24 heavy (non-hydrogen) atoms. The Morgan fingerprint density at radius 1 is 1.21 bits per heavy atom. The molecule has 2 atom stereocenters. The molecule has 0 amide bonds. The van der Waals surface area contributed by atoms with E-state index in [1.54, 1.807) is 29.0 Å². The van der Waals surface area contributed by atoms with E-state index in [4.69, 9.17) is 0 Å². The minimum Gasteiger partial charge on any atom is -0.353 e. The number of fused-ring (bicyclic) bond motifs is 4. The molecule has 3 aliphatic rings. The molecule has 3 aliphatic heterocycles. The molecule has 0 N–H and O–H groups in total. The summed E-state index contributed by atoms with van der Waals surface area (Å²) >= 11 is 1.32. The molecule has 5 heterocycles. The van der Waals surface area contributed by atoms with Crippen molar-refractivity contribution in [3.63, 3.8) is 0 Å². The van der Waals surface area contributed by atoms with E-state index in [2.05, 4.69) is 14.9 Å². The Hall–Kier alpha value is -1.51. The van der Waals surface area contributed by atoms with Gasteiger partial charge in [0.05, 0.1) is 6.20 Å². The van der Waals surface area contributed by atoms with Crippen LogP contribution in [-0.2, 0) is 10.0 Å². The Labute approximate surface area is 146 Å². The van der Waals surface area contributed by atoms with Crippen LogP contribution in [0.2, 0.25) is 0 Å². The molecule has 2 aromatic rings. The van der Waals surface area contributed by atoms with Crippen LogP contribution in [0.25, 0.3) is 0 Å². The molecule has 0 radical (unpaired) electrons. The van der Waals surface area contributed by atoms with Crippen molar-refractivity contribution in [2.24, 2.45) is 5.92 Å². The summed E-state index contributed by atoms with van der Waals surface area (Å²) in [5, 5.41) is 1.90. The SMILES string of the molecule is Cc1csc(S(=O)(=O)N2C[C@H]3CC[C@@H]2CN(c2cnccn2)C3)c1. The molecule has 2 aromatic heterocycles. The summed E-state index contributed by atoms with van der Waals surface area (Å²) < 4.78 is 28.3. The highest BCUT2D eigenvalue weighted by atomic mass is 32.2. The molecule has 8 heteroatoms. The second kappa shape index (κ2) is 6.09. The maximum absolute atomic E-state index is 13.1. The van der Waals surface area contributed by atoms with E-state index < -0.39 is 10.0 Å². The van der Waals surface area contributed by atoms with Gasteiger partial charge in [0.15, 0.2) is 0 Å². The van der Waals surface area contributed by atoms with Crippen LogP contribution in [0, 0.1) is 12.8 Å². The molecule has 0 aromatic carbocycles. The molecule has 3 fully saturated rings. The quantitative estimate of drug-likeness (QED) is 0.835. The van der Waals surface area contributed by atoms with Crippen molar-refractivity contribution in [3.8, 4) is 0 Å². The number of thiophene rings is 1. The highest BCUT2D eigenvalue weighted by molar-refractivity contribution is 7.91. The predicted molar refractivity (Wildman–Crippen MR) is 93.7 cm³/mol. The van der Waals surface area contributed by atoms with Gasteiger partial charge in [-0.3, -0.25) is 4.98 Å². The van der Waals surface area contributed by atoms with E-state index >= 15 is 0 Å². The van der Waals surface area contributed by atoms with Crippen LogP contribution in [0.15, 0.2) is 34.2 Å². The summed E-state index contributed by atoms with van der Waals surface area (Å²) in [7, 11) is -3.41. The maximum Gasteiger partial charge on any atom is 0.252 e. The Balaban J connectivity index is 1.64. The zero-order chi connectivity index (χ0) is 16.7. The summed E-state index contributed by atoms with van der Waals surface area (Å²) in [5.41, 5.74) is 1.000. The molecule has 128 valence electrons. The fraction of sp³-hybridized carbons (Fsp3) is 0.500. The van der Waals surface area contributed by atoms with Gasteiger partial charge in [0, 0.05) is 38.1 Å². The van der Waals surface area contributed by atoms with Gasteiger partial charge < -0.3 is 4.90 Å². The van der Waals surface area contributed by atoms with Crippen molar-refractivity contribution in [2.75, 3.05) is 24.5 Å². The predicted octanol–water partition coefficient (Wildman–Crippen LogP) is 2.14. The summed E-state index contributed by atoms with van der Waals surface area (Å²) in [6, 6.07) is 1.78. The number of hydrogen-bond donors (Lipinski definition) is 0. The number of anilines is 1. The van der Waals surface area contributed by atoms with E-state index in [1.807, 2.05) is 12.3 Å². The van der Waals surface area contributed by atoms with E-state index in [9.17, 15) is 8.42 Å². The number of sulfonamides is 1. The van der Waals surface area contributed by atoms with Crippen LogP contribution in [0.3, 0.4) is 0 Å². The average molecular weight is 364 g/mol. The molecule has 5 rings (SSSR count). The third kappa shape index (κ3) is 2.82. The molecule has 0 aliphatic carbocycles. The van der Waals surface area contributed by atoms with Crippen molar-refractivity contribution in [1.82, 2.24) is 14.3 Å².